The van der Waals surface area contributed by atoms with Gasteiger partial charge in [0.05, 0.1) is 12.5 Å². The predicted molar refractivity (Wildman–Crippen MR) is 130 cm³/mol. The van der Waals surface area contributed by atoms with Crippen LogP contribution in [0.3, 0.4) is 0 Å². The van der Waals surface area contributed by atoms with Gasteiger partial charge in [-0.15, -0.1) is 0 Å². The lowest BCUT2D eigenvalue weighted by molar-refractivity contribution is -0.143. The van der Waals surface area contributed by atoms with E-state index >= 15 is 0 Å². The van der Waals surface area contributed by atoms with E-state index in [1.54, 1.807) is 20.8 Å². The number of aromatic hydroxyl groups is 1. The second kappa shape index (κ2) is 14.0. The molecule has 8 N–H and O–H groups in total. The highest BCUT2D eigenvalue weighted by molar-refractivity contribution is 5.95. The summed E-state index contributed by atoms with van der Waals surface area (Å²) in [4.78, 5) is 61.3. The van der Waals surface area contributed by atoms with Crippen molar-refractivity contribution in [3.8, 4) is 5.75 Å². The lowest BCUT2D eigenvalue weighted by atomic mass is 9.97. The molecule has 0 aliphatic carbocycles. The van der Waals surface area contributed by atoms with Crippen molar-refractivity contribution >= 4 is 29.7 Å². The molecule has 5 atom stereocenters. The number of aliphatic carboxylic acids is 2. The second-order valence-corrected chi connectivity index (χ2v) is 9.07. The van der Waals surface area contributed by atoms with Crippen LogP contribution >= 0.6 is 0 Å². The first kappa shape index (κ1) is 30.4. The quantitative estimate of drug-likeness (QED) is 0.180. The average Bonchev–Trinajstić information content (AvgIpc) is 2.80. The molecule has 0 radical (unpaired) electrons. The maximum absolute atomic E-state index is 12.9. The van der Waals surface area contributed by atoms with Crippen molar-refractivity contribution in [3.05, 3.63) is 29.8 Å². The van der Waals surface area contributed by atoms with Gasteiger partial charge in [0, 0.05) is 6.42 Å². The molecule has 0 fully saturated rings. The zero-order valence-corrected chi connectivity index (χ0v) is 20.9. The zero-order chi connectivity index (χ0) is 27.6. The highest BCUT2D eigenvalue weighted by Gasteiger charge is 2.33. The Bertz CT molecular complexity index is 935. The highest BCUT2D eigenvalue weighted by atomic mass is 16.4. The van der Waals surface area contributed by atoms with Crippen LogP contribution in [0.25, 0.3) is 0 Å². The Balaban J connectivity index is 3.01. The number of rotatable bonds is 14. The monoisotopic (exact) mass is 508 g/mol. The van der Waals surface area contributed by atoms with E-state index in [1.807, 2.05) is 6.92 Å². The number of benzene rings is 1. The molecular weight excluding hydrogens is 472 g/mol. The third kappa shape index (κ3) is 9.53. The van der Waals surface area contributed by atoms with Crippen LogP contribution < -0.4 is 21.7 Å². The molecule has 3 amide bonds. The number of carboxylic acid groups (broad SMARTS) is 2. The van der Waals surface area contributed by atoms with Crippen molar-refractivity contribution in [2.24, 2.45) is 17.6 Å². The fourth-order valence-electron chi connectivity index (χ4n) is 3.28. The van der Waals surface area contributed by atoms with Crippen molar-refractivity contribution in [2.75, 3.05) is 0 Å². The second-order valence-electron chi connectivity index (χ2n) is 9.07. The average molecular weight is 509 g/mol. The van der Waals surface area contributed by atoms with Gasteiger partial charge < -0.3 is 37.0 Å². The summed E-state index contributed by atoms with van der Waals surface area (Å²) in [6.45, 7) is 6.97. The Morgan fingerprint density at radius 2 is 1.42 bits per heavy atom. The van der Waals surface area contributed by atoms with E-state index in [4.69, 9.17) is 5.73 Å². The molecule has 12 nitrogen and oxygen atoms in total. The molecule has 0 aliphatic heterocycles. The number of nitrogens with two attached hydrogens (primary N) is 1. The number of amides is 3. The number of nitrogens with one attached hydrogen (secondary N) is 3. The van der Waals surface area contributed by atoms with Crippen LogP contribution in [0.1, 0.15) is 46.1 Å². The fraction of sp³-hybridized carbons (Fsp3) is 0.542. The van der Waals surface area contributed by atoms with Crippen LogP contribution in [0.2, 0.25) is 0 Å². The summed E-state index contributed by atoms with van der Waals surface area (Å²) in [5.41, 5.74) is 6.43. The van der Waals surface area contributed by atoms with Crippen molar-refractivity contribution in [3.63, 3.8) is 0 Å². The molecule has 0 spiro atoms. The van der Waals surface area contributed by atoms with E-state index in [0.29, 0.717) is 12.0 Å². The van der Waals surface area contributed by atoms with Gasteiger partial charge in [-0.3, -0.25) is 19.2 Å². The van der Waals surface area contributed by atoms with Gasteiger partial charge in [-0.25, -0.2) is 4.79 Å². The lowest BCUT2D eigenvalue weighted by Crippen LogP contribution is -2.59. The first-order chi connectivity index (χ1) is 16.8. The Morgan fingerprint density at radius 3 is 1.89 bits per heavy atom. The predicted octanol–water partition coefficient (Wildman–Crippen LogP) is -0.0222. The minimum atomic E-state index is -1.60. The number of carbonyl (C=O) groups excluding carboxylic acids is 3. The molecule has 1 rings (SSSR count). The molecule has 1 aromatic carbocycles. The van der Waals surface area contributed by atoms with Gasteiger partial charge in [-0.2, -0.15) is 0 Å². The Kier molecular flexibility index (Phi) is 11.8. The van der Waals surface area contributed by atoms with Crippen LogP contribution in [-0.4, -0.2) is 69.1 Å². The SMILES string of the molecule is CCC(C)C(N)C(=O)NC(C(=O)NC(CC(=O)O)C(=O)NC(Cc1ccc(O)cc1)C(=O)O)C(C)C. The van der Waals surface area contributed by atoms with Crippen molar-refractivity contribution in [1.29, 1.82) is 0 Å². The standard InChI is InChI=1S/C24H36N4O8/c1-5-13(4)19(25)22(33)28-20(12(2)3)23(34)26-16(11-18(30)31)21(32)27-17(24(35)36)10-14-6-8-15(29)9-7-14/h6-9,12-13,16-17,19-20,29H,5,10-11,25H2,1-4H3,(H,26,34)(H,27,32)(H,28,33)(H,30,31)(H,35,36). The van der Waals surface area contributed by atoms with E-state index in [0.717, 1.165) is 0 Å². The third-order valence-electron chi connectivity index (χ3n) is 5.81. The summed E-state index contributed by atoms with van der Waals surface area (Å²) in [5.74, 6) is -5.73. The number of hydrogen-bond donors (Lipinski definition) is 7. The van der Waals surface area contributed by atoms with Crippen molar-refractivity contribution in [2.45, 2.75) is 71.1 Å². The van der Waals surface area contributed by atoms with Gasteiger partial charge in [0.2, 0.25) is 17.7 Å². The van der Waals surface area contributed by atoms with Gasteiger partial charge in [0.1, 0.15) is 23.9 Å². The van der Waals surface area contributed by atoms with Gasteiger partial charge in [0.15, 0.2) is 0 Å². The van der Waals surface area contributed by atoms with E-state index in [1.165, 1.54) is 24.3 Å². The lowest BCUT2D eigenvalue weighted by Gasteiger charge is -2.27. The normalized spacial score (nSPS) is 15.2. The van der Waals surface area contributed by atoms with Crippen LogP contribution in [0, 0.1) is 11.8 Å². The largest absolute Gasteiger partial charge is 0.508 e. The van der Waals surface area contributed by atoms with Gasteiger partial charge in [0.25, 0.3) is 0 Å². The molecule has 0 aromatic heterocycles. The molecule has 0 bridgehead atoms. The molecule has 0 aliphatic rings. The molecule has 5 unspecified atom stereocenters. The summed E-state index contributed by atoms with van der Waals surface area (Å²) in [6.07, 6.45) is -0.315. The van der Waals surface area contributed by atoms with Crippen molar-refractivity contribution in [1.82, 2.24) is 16.0 Å². The van der Waals surface area contributed by atoms with Crippen LogP contribution in [0.15, 0.2) is 24.3 Å². The molecule has 0 saturated carbocycles. The zero-order valence-electron chi connectivity index (χ0n) is 20.9. The first-order valence-corrected chi connectivity index (χ1v) is 11.7. The van der Waals surface area contributed by atoms with Crippen LogP contribution in [0.4, 0.5) is 0 Å². The number of carbonyl (C=O) groups is 5. The van der Waals surface area contributed by atoms with Crippen LogP contribution in [-0.2, 0) is 30.4 Å². The summed E-state index contributed by atoms with van der Waals surface area (Å²) < 4.78 is 0. The molecule has 200 valence electrons. The Hall–Kier alpha value is -3.67. The van der Waals surface area contributed by atoms with E-state index in [2.05, 4.69) is 16.0 Å². The third-order valence-corrected chi connectivity index (χ3v) is 5.81. The smallest absolute Gasteiger partial charge is 0.326 e. The Labute approximate surface area is 209 Å². The fourth-order valence-corrected chi connectivity index (χ4v) is 3.28. The summed E-state index contributed by atoms with van der Waals surface area (Å²) in [5, 5.41) is 35.3. The molecular formula is C24H36N4O8. The van der Waals surface area contributed by atoms with Gasteiger partial charge in [-0.1, -0.05) is 46.2 Å². The highest BCUT2D eigenvalue weighted by Crippen LogP contribution is 2.12. The topological polar surface area (TPSA) is 208 Å². The molecule has 0 saturated heterocycles. The Morgan fingerprint density at radius 1 is 0.861 bits per heavy atom. The summed E-state index contributed by atoms with van der Waals surface area (Å²) in [6, 6.07) is 0.681. The number of hydrogen-bond acceptors (Lipinski definition) is 7. The maximum atomic E-state index is 12.9. The molecule has 12 heteroatoms. The van der Waals surface area contributed by atoms with Crippen LogP contribution in [0.5, 0.6) is 5.75 Å². The maximum Gasteiger partial charge on any atom is 0.326 e. The minimum Gasteiger partial charge on any atom is -0.508 e. The number of phenolic OH excluding ortho intramolecular Hbond substituents is 1. The number of phenols is 1. The van der Waals surface area contributed by atoms with Crippen molar-refractivity contribution < 1.29 is 39.3 Å². The van der Waals surface area contributed by atoms with E-state index in [9.17, 15) is 39.3 Å². The van der Waals surface area contributed by atoms with Gasteiger partial charge >= 0.3 is 11.9 Å². The van der Waals surface area contributed by atoms with Gasteiger partial charge in [-0.05, 0) is 29.5 Å². The summed E-state index contributed by atoms with van der Waals surface area (Å²) >= 11 is 0. The van der Waals surface area contributed by atoms with E-state index in [-0.39, 0.29) is 18.1 Å². The summed E-state index contributed by atoms with van der Waals surface area (Å²) in [7, 11) is 0. The number of carboxylic acids is 2. The first-order valence-electron chi connectivity index (χ1n) is 11.7. The molecule has 36 heavy (non-hydrogen) atoms. The minimum absolute atomic E-state index is 0.0178. The molecule has 1 aromatic rings. The van der Waals surface area contributed by atoms with E-state index < -0.39 is 66.2 Å². The molecule has 0 heterocycles.